The standard InChI is InChI=1S/C16H22ClN3/c1-2-12-4-3-9-16(10-12)11-19-15(18)20(16)14-7-5-13(17)6-8-14/h5-8,12H,2-4,9-11H2,1H3,(H2,18,19). The molecule has 2 unspecified atom stereocenters. The lowest BCUT2D eigenvalue weighted by atomic mass is 9.74. The van der Waals surface area contributed by atoms with E-state index in [9.17, 15) is 0 Å². The van der Waals surface area contributed by atoms with Crippen molar-refractivity contribution in [3.63, 3.8) is 0 Å². The van der Waals surface area contributed by atoms with E-state index in [1.54, 1.807) is 0 Å². The first-order chi connectivity index (χ1) is 9.64. The summed E-state index contributed by atoms with van der Waals surface area (Å²) in [7, 11) is 0. The van der Waals surface area contributed by atoms with Gasteiger partial charge in [0.25, 0.3) is 0 Å². The van der Waals surface area contributed by atoms with Crippen molar-refractivity contribution in [2.24, 2.45) is 16.6 Å². The number of anilines is 1. The summed E-state index contributed by atoms with van der Waals surface area (Å²) in [6.45, 7) is 3.12. The predicted octanol–water partition coefficient (Wildman–Crippen LogP) is 3.81. The summed E-state index contributed by atoms with van der Waals surface area (Å²) in [5.41, 5.74) is 7.39. The van der Waals surface area contributed by atoms with Crippen molar-refractivity contribution in [3.8, 4) is 0 Å². The zero-order chi connectivity index (χ0) is 14.2. The minimum Gasteiger partial charge on any atom is -0.369 e. The first-order valence-corrected chi connectivity index (χ1v) is 7.88. The van der Waals surface area contributed by atoms with Gasteiger partial charge < -0.3 is 10.6 Å². The Bertz CT molecular complexity index is 511. The maximum absolute atomic E-state index is 6.18. The van der Waals surface area contributed by atoms with Gasteiger partial charge in [-0.15, -0.1) is 0 Å². The third-order valence-corrected chi connectivity index (χ3v) is 5.08. The van der Waals surface area contributed by atoms with Crippen LogP contribution in [0.15, 0.2) is 29.3 Å². The van der Waals surface area contributed by atoms with E-state index < -0.39 is 0 Å². The lowest BCUT2D eigenvalue weighted by Crippen LogP contribution is -2.54. The fourth-order valence-electron chi connectivity index (χ4n) is 3.77. The molecule has 1 aliphatic heterocycles. The van der Waals surface area contributed by atoms with Gasteiger partial charge in [0.2, 0.25) is 0 Å². The lowest BCUT2D eigenvalue weighted by Gasteiger charge is -2.44. The number of aliphatic imine (C=N–C) groups is 1. The van der Waals surface area contributed by atoms with Crippen LogP contribution in [0.4, 0.5) is 5.69 Å². The van der Waals surface area contributed by atoms with E-state index in [2.05, 4.69) is 16.8 Å². The Morgan fingerprint density at radius 1 is 1.40 bits per heavy atom. The minimum atomic E-state index is 0.0941. The maximum atomic E-state index is 6.18. The third-order valence-electron chi connectivity index (χ3n) is 4.82. The molecule has 0 saturated heterocycles. The zero-order valence-electron chi connectivity index (χ0n) is 12.0. The van der Waals surface area contributed by atoms with Gasteiger partial charge in [0.15, 0.2) is 5.96 Å². The number of hydrogen-bond acceptors (Lipinski definition) is 3. The van der Waals surface area contributed by atoms with Crippen LogP contribution in [0.5, 0.6) is 0 Å². The molecule has 3 nitrogen and oxygen atoms in total. The van der Waals surface area contributed by atoms with Gasteiger partial charge in [0.1, 0.15) is 0 Å². The number of rotatable bonds is 2. The van der Waals surface area contributed by atoms with Gasteiger partial charge in [0, 0.05) is 10.7 Å². The smallest absolute Gasteiger partial charge is 0.196 e. The van der Waals surface area contributed by atoms with Crippen molar-refractivity contribution in [1.29, 1.82) is 0 Å². The van der Waals surface area contributed by atoms with Crippen molar-refractivity contribution in [3.05, 3.63) is 29.3 Å². The number of nitrogens with two attached hydrogens (primary N) is 1. The van der Waals surface area contributed by atoms with E-state index in [0.717, 1.165) is 23.2 Å². The highest BCUT2D eigenvalue weighted by Gasteiger charge is 2.45. The predicted molar refractivity (Wildman–Crippen MR) is 85.4 cm³/mol. The van der Waals surface area contributed by atoms with Gasteiger partial charge in [-0.1, -0.05) is 37.8 Å². The first kappa shape index (κ1) is 13.7. The van der Waals surface area contributed by atoms with Crippen LogP contribution in [0.3, 0.4) is 0 Å². The van der Waals surface area contributed by atoms with E-state index in [-0.39, 0.29) is 5.54 Å². The quantitative estimate of drug-likeness (QED) is 0.900. The molecule has 4 heteroatoms. The van der Waals surface area contributed by atoms with E-state index in [1.165, 1.54) is 32.1 Å². The topological polar surface area (TPSA) is 41.6 Å². The number of nitrogens with zero attached hydrogens (tertiary/aromatic N) is 2. The summed E-state index contributed by atoms with van der Waals surface area (Å²) >= 11 is 6.00. The van der Waals surface area contributed by atoms with Gasteiger partial charge in [-0.25, -0.2) is 0 Å². The first-order valence-electron chi connectivity index (χ1n) is 7.50. The van der Waals surface area contributed by atoms with Crippen LogP contribution in [0, 0.1) is 5.92 Å². The average molecular weight is 292 g/mol. The van der Waals surface area contributed by atoms with Crippen LogP contribution < -0.4 is 10.6 Å². The molecule has 2 aliphatic rings. The van der Waals surface area contributed by atoms with Crippen molar-refractivity contribution in [2.75, 3.05) is 11.4 Å². The van der Waals surface area contributed by atoms with Crippen molar-refractivity contribution >= 4 is 23.2 Å². The molecule has 1 spiro atoms. The Morgan fingerprint density at radius 3 is 2.85 bits per heavy atom. The van der Waals surface area contributed by atoms with E-state index >= 15 is 0 Å². The molecule has 1 aromatic carbocycles. The molecule has 1 fully saturated rings. The molecule has 1 aromatic rings. The Hall–Kier alpha value is -1.22. The molecule has 20 heavy (non-hydrogen) atoms. The zero-order valence-corrected chi connectivity index (χ0v) is 12.7. The summed E-state index contributed by atoms with van der Waals surface area (Å²) in [5, 5.41) is 0.757. The van der Waals surface area contributed by atoms with E-state index in [1.807, 2.05) is 24.3 Å². The van der Waals surface area contributed by atoms with Crippen LogP contribution in [-0.4, -0.2) is 18.0 Å². The molecule has 1 saturated carbocycles. The summed E-state index contributed by atoms with van der Waals surface area (Å²) in [6.07, 6.45) is 6.22. The highest BCUT2D eigenvalue weighted by Crippen LogP contribution is 2.43. The van der Waals surface area contributed by atoms with Gasteiger partial charge in [-0.05, 0) is 43.0 Å². The maximum Gasteiger partial charge on any atom is 0.196 e. The number of guanidine groups is 1. The molecule has 2 N–H and O–H groups in total. The van der Waals surface area contributed by atoms with Gasteiger partial charge in [-0.2, -0.15) is 0 Å². The van der Waals surface area contributed by atoms with E-state index in [4.69, 9.17) is 17.3 Å². The Balaban J connectivity index is 1.93. The minimum absolute atomic E-state index is 0.0941. The molecule has 0 amide bonds. The summed E-state index contributed by atoms with van der Waals surface area (Å²) in [5.74, 6) is 1.45. The molecule has 108 valence electrons. The fourth-order valence-corrected chi connectivity index (χ4v) is 3.89. The highest BCUT2D eigenvalue weighted by atomic mass is 35.5. The Labute approximate surface area is 125 Å². The molecular formula is C16H22ClN3. The van der Waals surface area contributed by atoms with Crippen molar-refractivity contribution < 1.29 is 0 Å². The van der Waals surface area contributed by atoms with Crippen LogP contribution in [0.2, 0.25) is 5.02 Å². The van der Waals surface area contributed by atoms with Crippen LogP contribution in [-0.2, 0) is 0 Å². The van der Waals surface area contributed by atoms with Gasteiger partial charge in [-0.3, -0.25) is 4.99 Å². The molecular weight excluding hydrogens is 270 g/mol. The Morgan fingerprint density at radius 2 is 2.15 bits per heavy atom. The van der Waals surface area contributed by atoms with E-state index in [0.29, 0.717) is 5.96 Å². The second-order valence-corrected chi connectivity index (χ2v) is 6.52. The average Bonchev–Trinajstić information content (AvgIpc) is 2.77. The molecule has 2 atom stereocenters. The highest BCUT2D eigenvalue weighted by molar-refractivity contribution is 6.30. The van der Waals surface area contributed by atoms with Gasteiger partial charge in [0.05, 0.1) is 12.1 Å². The molecule has 0 aromatic heterocycles. The molecule has 0 radical (unpaired) electrons. The van der Waals surface area contributed by atoms with Crippen LogP contribution in [0.1, 0.15) is 39.0 Å². The molecule has 1 heterocycles. The molecule has 0 bridgehead atoms. The summed E-state index contributed by atoms with van der Waals surface area (Å²) in [6, 6.07) is 7.95. The fraction of sp³-hybridized carbons (Fsp3) is 0.562. The summed E-state index contributed by atoms with van der Waals surface area (Å²) in [4.78, 5) is 6.80. The number of hydrogen-bond donors (Lipinski definition) is 1. The second kappa shape index (κ2) is 5.28. The van der Waals surface area contributed by atoms with Crippen LogP contribution in [0.25, 0.3) is 0 Å². The Kier molecular flexibility index (Phi) is 3.63. The number of halogens is 1. The number of benzene rings is 1. The third kappa shape index (κ3) is 2.28. The molecule has 3 rings (SSSR count). The summed E-state index contributed by atoms with van der Waals surface area (Å²) < 4.78 is 0. The molecule has 1 aliphatic carbocycles. The van der Waals surface area contributed by atoms with Gasteiger partial charge >= 0.3 is 0 Å². The second-order valence-electron chi connectivity index (χ2n) is 6.08. The monoisotopic (exact) mass is 291 g/mol. The normalized spacial score (nSPS) is 29.8. The van der Waals surface area contributed by atoms with Crippen molar-refractivity contribution in [2.45, 2.75) is 44.6 Å². The largest absolute Gasteiger partial charge is 0.369 e. The van der Waals surface area contributed by atoms with Crippen LogP contribution >= 0.6 is 11.6 Å². The van der Waals surface area contributed by atoms with Crippen molar-refractivity contribution in [1.82, 2.24) is 0 Å². The SMILES string of the molecule is CCC1CCCC2(CN=C(N)N2c2ccc(Cl)cc2)C1. The lowest BCUT2D eigenvalue weighted by molar-refractivity contribution is 0.235.